The molecule has 1 rings (SSSR count). The number of benzene rings is 1. The number of carbonyl (C=O) groups is 1. The normalized spacial score (nSPS) is 14.7. The van der Waals surface area contributed by atoms with E-state index in [9.17, 15) is 13.2 Å². The molecule has 0 heterocycles. The lowest BCUT2D eigenvalue weighted by Crippen LogP contribution is -2.31. The SMILES string of the molecule is CC(CS(=O)(=O)C(C)C(C)C)C(=O)OCc1ccccc1. The number of rotatable bonds is 7. The Labute approximate surface area is 127 Å². The first-order valence-electron chi connectivity index (χ1n) is 7.16. The summed E-state index contributed by atoms with van der Waals surface area (Å²) in [4.78, 5) is 11.9. The van der Waals surface area contributed by atoms with Crippen molar-refractivity contribution >= 4 is 15.8 Å². The Hall–Kier alpha value is -1.36. The van der Waals surface area contributed by atoms with E-state index < -0.39 is 27.0 Å². The Morgan fingerprint density at radius 1 is 1.10 bits per heavy atom. The monoisotopic (exact) mass is 312 g/mol. The van der Waals surface area contributed by atoms with Crippen LogP contribution in [0.4, 0.5) is 0 Å². The average Bonchev–Trinajstić information content (AvgIpc) is 2.44. The van der Waals surface area contributed by atoms with Gasteiger partial charge >= 0.3 is 5.97 Å². The minimum atomic E-state index is -3.29. The van der Waals surface area contributed by atoms with Gasteiger partial charge in [-0.2, -0.15) is 0 Å². The minimum absolute atomic E-state index is 0.0301. The van der Waals surface area contributed by atoms with Gasteiger partial charge in [-0.15, -0.1) is 0 Å². The smallest absolute Gasteiger partial charge is 0.310 e. The molecule has 0 aliphatic carbocycles. The van der Waals surface area contributed by atoms with Gasteiger partial charge in [0.2, 0.25) is 0 Å². The van der Waals surface area contributed by atoms with Crippen LogP contribution in [0.15, 0.2) is 30.3 Å². The lowest BCUT2D eigenvalue weighted by molar-refractivity contribution is -0.148. The highest BCUT2D eigenvalue weighted by Gasteiger charge is 2.29. The van der Waals surface area contributed by atoms with Crippen molar-refractivity contribution in [2.45, 2.75) is 39.6 Å². The van der Waals surface area contributed by atoms with Crippen molar-refractivity contribution < 1.29 is 17.9 Å². The van der Waals surface area contributed by atoms with Gasteiger partial charge in [-0.3, -0.25) is 4.79 Å². The molecule has 0 saturated heterocycles. The summed E-state index contributed by atoms with van der Waals surface area (Å²) < 4.78 is 29.5. The van der Waals surface area contributed by atoms with Crippen molar-refractivity contribution in [3.8, 4) is 0 Å². The van der Waals surface area contributed by atoms with E-state index in [1.165, 1.54) is 0 Å². The first-order valence-corrected chi connectivity index (χ1v) is 8.87. The second-order valence-corrected chi connectivity index (χ2v) is 8.18. The van der Waals surface area contributed by atoms with Crippen LogP contribution in [0.2, 0.25) is 0 Å². The molecular formula is C16H24O4S. The van der Waals surface area contributed by atoms with Gasteiger partial charge in [-0.1, -0.05) is 51.1 Å². The number of hydrogen-bond donors (Lipinski definition) is 0. The van der Waals surface area contributed by atoms with E-state index in [0.717, 1.165) is 5.56 Å². The third-order valence-electron chi connectivity index (χ3n) is 3.61. The van der Waals surface area contributed by atoms with E-state index in [2.05, 4.69) is 0 Å². The third-order valence-corrected chi connectivity index (χ3v) is 6.26. The van der Waals surface area contributed by atoms with Crippen LogP contribution in [0.1, 0.15) is 33.3 Å². The molecule has 2 unspecified atom stereocenters. The van der Waals surface area contributed by atoms with E-state index in [0.29, 0.717) is 0 Å². The zero-order chi connectivity index (χ0) is 16.0. The fourth-order valence-electron chi connectivity index (χ4n) is 1.85. The maximum Gasteiger partial charge on any atom is 0.310 e. The summed E-state index contributed by atoms with van der Waals surface area (Å²) in [5.74, 6) is -1.26. The summed E-state index contributed by atoms with van der Waals surface area (Å²) in [6, 6.07) is 9.32. The van der Waals surface area contributed by atoms with Crippen molar-refractivity contribution in [2.24, 2.45) is 11.8 Å². The minimum Gasteiger partial charge on any atom is -0.461 e. The van der Waals surface area contributed by atoms with Crippen LogP contribution in [0.25, 0.3) is 0 Å². The van der Waals surface area contributed by atoms with Crippen molar-refractivity contribution in [1.82, 2.24) is 0 Å². The highest BCUT2D eigenvalue weighted by Crippen LogP contribution is 2.16. The Morgan fingerprint density at radius 3 is 2.19 bits per heavy atom. The van der Waals surface area contributed by atoms with Crippen molar-refractivity contribution in [3.05, 3.63) is 35.9 Å². The summed E-state index contributed by atoms with van der Waals surface area (Å²) in [7, 11) is -3.29. The Balaban J connectivity index is 2.55. The van der Waals surface area contributed by atoms with Crippen LogP contribution in [0, 0.1) is 11.8 Å². The molecular weight excluding hydrogens is 288 g/mol. The first kappa shape index (κ1) is 17.7. The quantitative estimate of drug-likeness (QED) is 0.726. The number of ether oxygens (including phenoxy) is 1. The predicted octanol–water partition coefficient (Wildman–Crippen LogP) is 2.83. The molecule has 5 heteroatoms. The van der Waals surface area contributed by atoms with Crippen LogP contribution in [-0.2, 0) is 26.0 Å². The van der Waals surface area contributed by atoms with Gasteiger partial charge in [0, 0.05) is 0 Å². The second kappa shape index (κ2) is 7.59. The van der Waals surface area contributed by atoms with Crippen LogP contribution >= 0.6 is 0 Å². The molecule has 0 bridgehead atoms. The lowest BCUT2D eigenvalue weighted by atomic mass is 10.2. The summed E-state index contributed by atoms with van der Waals surface area (Å²) in [5, 5.41) is -0.457. The van der Waals surface area contributed by atoms with Gasteiger partial charge in [-0.25, -0.2) is 8.42 Å². The van der Waals surface area contributed by atoms with Crippen LogP contribution in [0.5, 0.6) is 0 Å². The topological polar surface area (TPSA) is 60.4 Å². The third kappa shape index (κ3) is 5.50. The molecule has 0 amide bonds. The molecule has 1 aromatic rings. The maximum absolute atomic E-state index is 12.2. The van der Waals surface area contributed by atoms with E-state index in [4.69, 9.17) is 4.74 Å². The predicted molar refractivity (Wildman–Crippen MR) is 83.5 cm³/mol. The highest BCUT2D eigenvalue weighted by atomic mass is 32.2. The van der Waals surface area contributed by atoms with E-state index in [1.54, 1.807) is 13.8 Å². The Morgan fingerprint density at radius 2 is 1.67 bits per heavy atom. The van der Waals surface area contributed by atoms with Crippen LogP contribution < -0.4 is 0 Å². The summed E-state index contributed by atoms with van der Waals surface area (Å²) in [5.41, 5.74) is 0.886. The molecule has 0 saturated carbocycles. The summed E-state index contributed by atoms with van der Waals surface area (Å²) >= 11 is 0. The fourth-order valence-corrected chi connectivity index (χ4v) is 3.82. The Kier molecular flexibility index (Phi) is 6.40. The molecule has 21 heavy (non-hydrogen) atoms. The Bertz CT molecular complexity index is 549. The number of sulfone groups is 1. The van der Waals surface area contributed by atoms with Gasteiger partial charge in [0.1, 0.15) is 6.61 Å². The lowest BCUT2D eigenvalue weighted by Gasteiger charge is -2.18. The first-order chi connectivity index (χ1) is 9.74. The van der Waals surface area contributed by atoms with Gasteiger partial charge in [0.05, 0.1) is 16.9 Å². The zero-order valence-corrected chi connectivity index (χ0v) is 13.9. The summed E-state index contributed by atoms with van der Waals surface area (Å²) in [6.07, 6.45) is 0. The highest BCUT2D eigenvalue weighted by molar-refractivity contribution is 7.92. The van der Waals surface area contributed by atoms with Crippen molar-refractivity contribution in [1.29, 1.82) is 0 Å². The fraction of sp³-hybridized carbons (Fsp3) is 0.562. The number of carbonyl (C=O) groups excluding carboxylic acids is 1. The molecule has 0 radical (unpaired) electrons. The molecule has 0 spiro atoms. The molecule has 0 aliphatic heterocycles. The molecule has 118 valence electrons. The standard InChI is InChI=1S/C16H24O4S/c1-12(2)14(4)21(18,19)11-13(3)16(17)20-10-15-8-6-5-7-9-15/h5-9,12-14H,10-11H2,1-4H3. The van der Waals surface area contributed by atoms with Crippen LogP contribution in [0.3, 0.4) is 0 Å². The van der Waals surface area contributed by atoms with Crippen molar-refractivity contribution in [2.75, 3.05) is 5.75 Å². The van der Waals surface area contributed by atoms with E-state index in [-0.39, 0.29) is 18.3 Å². The maximum atomic E-state index is 12.2. The number of hydrogen-bond acceptors (Lipinski definition) is 4. The van der Waals surface area contributed by atoms with Gasteiger partial charge in [0.25, 0.3) is 0 Å². The van der Waals surface area contributed by atoms with Crippen molar-refractivity contribution in [3.63, 3.8) is 0 Å². The molecule has 2 atom stereocenters. The number of esters is 1. The van der Waals surface area contributed by atoms with Gasteiger partial charge in [0.15, 0.2) is 9.84 Å². The molecule has 0 aliphatic rings. The molecule has 0 aromatic heterocycles. The molecule has 4 nitrogen and oxygen atoms in total. The largest absolute Gasteiger partial charge is 0.461 e. The average molecular weight is 312 g/mol. The summed E-state index contributed by atoms with van der Waals surface area (Å²) in [6.45, 7) is 7.17. The van der Waals surface area contributed by atoms with Gasteiger partial charge < -0.3 is 4.74 Å². The second-order valence-electron chi connectivity index (χ2n) is 5.77. The van der Waals surface area contributed by atoms with Gasteiger partial charge in [-0.05, 0) is 18.4 Å². The van der Waals surface area contributed by atoms with E-state index in [1.807, 2.05) is 44.2 Å². The van der Waals surface area contributed by atoms with Crippen LogP contribution in [-0.4, -0.2) is 25.4 Å². The molecule has 0 N–H and O–H groups in total. The molecule has 1 aromatic carbocycles. The molecule has 0 fully saturated rings. The van der Waals surface area contributed by atoms with E-state index >= 15 is 0 Å². The zero-order valence-electron chi connectivity index (χ0n) is 13.1.